The van der Waals surface area contributed by atoms with Gasteiger partial charge in [0.25, 0.3) is 9.05 Å². The van der Waals surface area contributed by atoms with Crippen LogP contribution in [0.15, 0.2) is 29.2 Å². The molecule has 6 nitrogen and oxygen atoms in total. The molecule has 1 N–H and O–H groups in total. The van der Waals surface area contributed by atoms with Crippen LogP contribution in [0.25, 0.3) is 0 Å². The molecule has 0 aliphatic heterocycles. The third-order valence-corrected chi connectivity index (χ3v) is 3.68. The van der Waals surface area contributed by atoms with Crippen molar-refractivity contribution in [2.24, 2.45) is 0 Å². The van der Waals surface area contributed by atoms with Crippen LogP contribution in [0.5, 0.6) is 0 Å². The van der Waals surface area contributed by atoms with Crippen molar-refractivity contribution in [3.8, 4) is 0 Å². The maximum atomic E-state index is 11.1. The first-order valence-electron chi connectivity index (χ1n) is 4.73. The second-order valence-corrected chi connectivity index (χ2v) is 6.53. The molecule has 0 radical (unpaired) electrons. The summed E-state index contributed by atoms with van der Waals surface area (Å²) in [5.41, 5.74) is 0.544. The average Bonchev–Trinajstić information content (AvgIpc) is 2.26. The zero-order valence-electron chi connectivity index (χ0n) is 9.01. The first-order chi connectivity index (χ1) is 8.84. The van der Waals surface area contributed by atoms with Gasteiger partial charge >= 0.3 is 0 Å². The van der Waals surface area contributed by atoms with E-state index in [1.807, 2.05) is 0 Å². The van der Waals surface area contributed by atoms with Crippen LogP contribution in [0.3, 0.4) is 0 Å². The lowest BCUT2D eigenvalue weighted by Gasteiger charge is -2.05. The monoisotopic (exact) mass is 338 g/mol. The quantitative estimate of drug-likeness (QED) is 0.866. The Balaban J connectivity index is 2.24. The van der Waals surface area contributed by atoms with Gasteiger partial charge in [-0.1, -0.05) is 0 Å². The van der Waals surface area contributed by atoms with Gasteiger partial charge in [0.2, 0.25) is 16.5 Å². The van der Waals surface area contributed by atoms with Crippen molar-refractivity contribution in [3.05, 3.63) is 34.8 Å². The Morgan fingerprint density at radius 3 is 1.95 bits per heavy atom. The van der Waals surface area contributed by atoms with Crippen molar-refractivity contribution < 1.29 is 8.42 Å². The van der Waals surface area contributed by atoms with Gasteiger partial charge in [-0.2, -0.15) is 15.0 Å². The van der Waals surface area contributed by atoms with Gasteiger partial charge in [-0.3, -0.25) is 0 Å². The second-order valence-electron chi connectivity index (χ2n) is 3.28. The molecule has 0 amide bonds. The predicted octanol–water partition coefficient (Wildman–Crippen LogP) is 2.85. The molecule has 0 saturated carbocycles. The largest absolute Gasteiger partial charge is 0.324 e. The fourth-order valence-corrected chi connectivity index (χ4v) is 2.34. The summed E-state index contributed by atoms with van der Waals surface area (Å²) in [5.74, 6) is 0.145. The minimum Gasteiger partial charge on any atom is -0.324 e. The molecule has 0 spiro atoms. The summed E-state index contributed by atoms with van der Waals surface area (Å²) in [7, 11) is 1.45. The first kappa shape index (κ1) is 14.3. The molecule has 2 rings (SSSR count). The molecule has 0 fully saturated rings. The first-order valence-corrected chi connectivity index (χ1v) is 7.80. The maximum Gasteiger partial charge on any atom is 0.261 e. The number of aromatic nitrogens is 3. The molecule has 0 aliphatic rings. The predicted molar refractivity (Wildman–Crippen MR) is 72.6 cm³/mol. The Bertz CT molecular complexity index is 686. The highest BCUT2D eigenvalue weighted by Crippen LogP contribution is 2.20. The van der Waals surface area contributed by atoms with Crippen molar-refractivity contribution >= 4 is 54.6 Å². The fourth-order valence-electron chi connectivity index (χ4n) is 1.21. The molecular formula is C9H5Cl3N4O2S. The Morgan fingerprint density at radius 1 is 0.947 bits per heavy atom. The lowest BCUT2D eigenvalue weighted by atomic mass is 10.3. The normalized spacial score (nSPS) is 11.3. The zero-order chi connectivity index (χ0) is 14.0. The van der Waals surface area contributed by atoms with E-state index in [1.54, 1.807) is 0 Å². The molecule has 19 heavy (non-hydrogen) atoms. The topological polar surface area (TPSA) is 84.8 Å². The van der Waals surface area contributed by atoms with E-state index in [-0.39, 0.29) is 21.4 Å². The minimum atomic E-state index is -3.74. The van der Waals surface area contributed by atoms with Gasteiger partial charge < -0.3 is 5.32 Å². The van der Waals surface area contributed by atoms with Gasteiger partial charge in [0.05, 0.1) is 4.90 Å². The molecule has 0 aliphatic carbocycles. The number of halogens is 3. The van der Waals surface area contributed by atoms with Crippen molar-refractivity contribution in [1.82, 2.24) is 15.0 Å². The van der Waals surface area contributed by atoms with Crippen molar-refractivity contribution in [3.63, 3.8) is 0 Å². The average molecular weight is 340 g/mol. The standard InChI is InChI=1S/C9H5Cl3N4O2S/c10-7-14-8(11)16-9(15-7)13-5-1-3-6(4-2-5)19(12,17)18/h1-4H,(H,13,14,15,16). The molecule has 10 heteroatoms. The minimum absolute atomic E-state index is 0.00794. The smallest absolute Gasteiger partial charge is 0.261 e. The third kappa shape index (κ3) is 3.90. The highest BCUT2D eigenvalue weighted by Gasteiger charge is 2.09. The third-order valence-electron chi connectivity index (χ3n) is 1.97. The van der Waals surface area contributed by atoms with E-state index in [0.717, 1.165) is 0 Å². The lowest BCUT2D eigenvalue weighted by molar-refractivity contribution is 0.609. The molecule has 1 aromatic heterocycles. The summed E-state index contributed by atoms with van der Waals surface area (Å²) in [4.78, 5) is 11.2. The molecular weight excluding hydrogens is 335 g/mol. The Kier molecular flexibility index (Phi) is 4.10. The summed E-state index contributed by atoms with van der Waals surface area (Å²) >= 11 is 11.2. The van der Waals surface area contributed by atoms with E-state index in [2.05, 4.69) is 20.3 Å². The summed E-state index contributed by atoms with van der Waals surface area (Å²) in [6.45, 7) is 0. The highest BCUT2D eigenvalue weighted by molar-refractivity contribution is 8.13. The molecule has 2 aromatic rings. The maximum absolute atomic E-state index is 11.1. The number of rotatable bonds is 3. The van der Waals surface area contributed by atoms with Crippen molar-refractivity contribution in [1.29, 1.82) is 0 Å². The van der Waals surface area contributed by atoms with Crippen LogP contribution in [-0.4, -0.2) is 23.4 Å². The van der Waals surface area contributed by atoms with E-state index in [0.29, 0.717) is 5.69 Å². The zero-order valence-corrected chi connectivity index (χ0v) is 12.1. The van der Waals surface area contributed by atoms with E-state index in [4.69, 9.17) is 33.9 Å². The Labute approximate surface area is 123 Å². The number of nitrogens with zero attached hydrogens (tertiary/aromatic N) is 3. The van der Waals surface area contributed by atoms with Crippen LogP contribution < -0.4 is 5.32 Å². The van der Waals surface area contributed by atoms with Gasteiger partial charge in [-0.05, 0) is 47.5 Å². The van der Waals surface area contributed by atoms with Crippen LogP contribution in [0, 0.1) is 0 Å². The number of hydrogen-bond acceptors (Lipinski definition) is 6. The van der Waals surface area contributed by atoms with Crippen LogP contribution >= 0.6 is 33.9 Å². The van der Waals surface area contributed by atoms with E-state index in [9.17, 15) is 8.42 Å². The number of benzene rings is 1. The van der Waals surface area contributed by atoms with Gasteiger partial charge in [0, 0.05) is 16.4 Å². The SMILES string of the molecule is O=S(=O)(Cl)c1ccc(Nc2nc(Cl)nc(Cl)n2)cc1. The summed E-state index contributed by atoms with van der Waals surface area (Å²) in [6, 6.07) is 5.69. The van der Waals surface area contributed by atoms with E-state index in [1.165, 1.54) is 24.3 Å². The number of anilines is 2. The Hall–Kier alpha value is -1.15. The van der Waals surface area contributed by atoms with Crippen LogP contribution in [0.1, 0.15) is 0 Å². The summed E-state index contributed by atoms with van der Waals surface area (Å²) < 4.78 is 22.1. The van der Waals surface area contributed by atoms with Gasteiger partial charge in [0.15, 0.2) is 0 Å². The van der Waals surface area contributed by atoms with Gasteiger partial charge in [-0.15, -0.1) is 0 Å². The van der Waals surface area contributed by atoms with Crippen molar-refractivity contribution in [2.75, 3.05) is 5.32 Å². The Morgan fingerprint density at radius 2 is 1.47 bits per heavy atom. The fraction of sp³-hybridized carbons (Fsp3) is 0. The molecule has 1 aromatic carbocycles. The van der Waals surface area contributed by atoms with Gasteiger partial charge in [-0.25, -0.2) is 8.42 Å². The molecule has 0 unspecified atom stereocenters. The van der Waals surface area contributed by atoms with Crippen LogP contribution in [0.2, 0.25) is 10.6 Å². The molecule has 0 atom stereocenters. The molecule has 0 bridgehead atoms. The van der Waals surface area contributed by atoms with Crippen LogP contribution in [-0.2, 0) is 9.05 Å². The van der Waals surface area contributed by atoms with E-state index < -0.39 is 9.05 Å². The van der Waals surface area contributed by atoms with Crippen molar-refractivity contribution in [2.45, 2.75) is 4.90 Å². The van der Waals surface area contributed by atoms with Crippen LogP contribution in [0.4, 0.5) is 11.6 Å². The highest BCUT2D eigenvalue weighted by atomic mass is 35.7. The van der Waals surface area contributed by atoms with Gasteiger partial charge in [0.1, 0.15) is 0 Å². The summed E-state index contributed by atoms with van der Waals surface area (Å²) in [5, 5.41) is 2.69. The molecule has 100 valence electrons. The lowest BCUT2D eigenvalue weighted by Crippen LogP contribution is -1.99. The molecule has 0 saturated heterocycles. The van der Waals surface area contributed by atoms with E-state index >= 15 is 0 Å². The second kappa shape index (κ2) is 5.46. The number of nitrogens with one attached hydrogen (secondary N) is 1. The summed E-state index contributed by atoms with van der Waals surface area (Å²) in [6.07, 6.45) is 0. The molecule has 1 heterocycles. The number of hydrogen-bond donors (Lipinski definition) is 1.